The minimum atomic E-state index is 0.131. The number of rotatable bonds is 6. The van der Waals surface area contributed by atoms with Crippen LogP contribution >= 0.6 is 0 Å². The van der Waals surface area contributed by atoms with Crippen molar-refractivity contribution in [2.75, 3.05) is 26.2 Å². The fourth-order valence-corrected chi connectivity index (χ4v) is 2.38. The summed E-state index contributed by atoms with van der Waals surface area (Å²) in [6, 6.07) is 0.202. The zero-order valence-electron chi connectivity index (χ0n) is 11.5. The van der Waals surface area contributed by atoms with Crippen molar-refractivity contribution in [1.82, 2.24) is 10.2 Å². The first kappa shape index (κ1) is 14.5. The number of hydrogen-bond donors (Lipinski definition) is 2. The summed E-state index contributed by atoms with van der Waals surface area (Å²) in [7, 11) is 0. The van der Waals surface area contributed by atoms with Gasteiger partial charge in [-0.15, -0.1) is 0 Å². The van der Waals surface area contributed by atoms with Crippen molar-refractivity contribution in [2.45, 2.75) is 46.1 Å². The van der Waals surface area contributed by atoms with Crippen LogP contribution in [0.5, 0.6) is 0 Å². The van der Waals surface area contributed by atoms with Crippen LogP contribution < -0.4 is 11.1 Å². The molecule has 0 radical (unpaired) electrons. The summed E-state index contributed by atoms with van der Waals surface area (Å²) in [6.45, 7) is 10.1. The molecular formula is C13H27N3O. The van der Waals surface area contributed by atoms with Gasteiger partial charge < -0.3 is 11.1 Å². The van der Waals surface area contributed by atoms with Gasteiger partial charge in [-0.2, -0.15) is 0 Å². The van der Waals surface area contributed by atoms with E-state index in [2.05, 4.69) is 31.0 Å². The van der Waals surface area contributed by atoms with Gasteiger partial charge in [0.2, 0.25) is 5.91 Å². The lowest BCUT2D eigenvalue weighted by atomic mass is 9.93. The number of likely N-dealkylation sites (tertiary alicyclic amines) is 1. The van der Waals surface area contributed by atoms with E-state index in [1.165, 1.54) is 6.42 Å². The number of amides is 1. The van der Waals surface area contributed by atoms with Crippen LogP contribution in [0.4, 0.5) is 0 Å². The Morgan fingerprint density at radius 1 is 1.53 bits per heavy atom. The van der Waals surface area contributed by atoms with Crippen molar-refractivity contribution in [3.05, 3.63) is 0 Å². The molecule has 4 heteroatoms. The van der Waals surface area contributed by atoms with Crippen molar-refractivity contribution in [3.8, 4) is 0 Å². The minimum Gasteiger partial charge on any atom is -0.356 e. The molecule has 0 aliphatic carbocycles. The van der Waals surface area contributed by atoms with E-state index in [-0.39, 0.29) is 11.9 Å². The van der Waals surface area contributed by atoms with Gasteiger partial charge in [-0.3, -0.25) is 9.69 Å². The summed E-state index contributed by atoms with van der Waals surface area (Å²) in [4.78, 5) is 14.1. The molecule has 100 valence electrons. The van der Waals surface area contributed by atoms with E-state index >= 15 is 0 Å². The average Bonchev–Trinajstić information content (AvgIpc) is 2.63. The third-order valence-electron chi connectivity index (χ3n) is 3.49. The van der Waals surface area contributed by atoms with Gasteiger partial charge in [0.05, 0.1) is 0 Å². The van der Waals surface area contributed by atoms with Gasteiger partial charge in [-0.25, -0.2) is 0 Å². The Labute approximate surface area is 105 Å². The van der Waals surface area contributed by atoms with E-state index in [0.29, 0.717) is 18.4 Å². The molecule has 1 unspecified atom stereocenters. The molecular weight excluding hydrogens is 214 g/mol. The molecule has 1 heterocycles. The van der Waals surface area contributed by atoms with Crippen molar-refractivity contribution in [3.63, 3.8) is 0 Å². The van der Waals surface area contributed by atoms with Gasteiger partial charge in [0, 0.05) is 32.1 Å². The quantitative estimate of drug-likeness (QED) is 0.728. The number of nitrogens with two attached hydrogens (primary N) is 1. The summed E-state index contributed by atoms with van der Waals surface area (Å²) < 4.78 is 0. The van der Waals surface area contributed by atoms with Crippen LogP contribution in [0.3, 0.4) is 0 Å². The van der Waals surface area contributed by atoms with Crippen LogP contribution in [0, 0.1) is 5.41 Å². The Bertz CT molecular complexity index is 253. The predicted molar refractivity (Wildman–Crippen MR) is 70.7 cm³/mol. The number of nitrogens with zero attached hydrogens (tertiary/aromatic N) is 1. The smallest absolute Gasteiger partial charge is 0.221 e. The number of hydrogen-bond acceptors (Lipinski definition) is 3. The van der Waals surface area contributed by atoms with E-state index in [4.69, 9.17) is 5.73 Å². The first-order chi connectivity index (χ1) is 7.98. The summed E-state index contributed by atoms with van der Waals surface area (Å²) in [5.41, 5.74) is 6.16. The monoisotopic (exact) mass is 241 g/mol. The molecule has 0 aromatic carbocycles. The van der Waals surface area contributed by atoms with E-state index in [1.54, 1.807) is 0 Å². The Hall–Kier alpha value is -0.610. The van der Waals surface area contributed by atoms with Crippen LogP contribution in [0.15, 0.2) is 0 Å². The number of carbonyl (C=O) groups excluding carboxylic acids is 1. The van der Waals surface area contributed by atoms with E-state index in [1.807, 2.05) is 0 Å². The lowest BCUT2D eigenvalue weighted by Crippen LogP contribution is -2.43. The summed E-state index contributed by atoms with van der Waals surface area (Å²) >= 11 is 0. The summed E-state index contributed by atoms with van der Waals surface area (Å²) in [5, 5.41) is 2.92. The summed E-state index contributed by atoms with van der Waals surface area (Å²) in [6.07, 6.45) is 2.71. The molecule has 1 aliphatic rings. The third-order valence-corrected chi connectivity index (χ3v) is 3.49. The molecule has 1 rings (SSSR count). The van der Waals surface area contributed by atoms with Gasteiger partial charge in [0.25, 0.3) is 0 Å². The fraction of sp³-hybridized carbons (Fsp3) is 0.923. The van der Waals surface area contributed by atoms with Crippen LogP contribution in [-0.2, 0) is 4.79 Å². The van der Waals surface area contributed by atoms with Gasteiger partial charge in [0.15, 0.2) is 0 Å². The largest absolute Gasteiger partial charge is 0.356 e. The molecule has 1 fully saturated rings. The Kier molecular flexibility index (Phi) is 5.40. The first-order valence-corrected chi connectivity index (χ1v) is 6.69. The Balaban J connectivity index is 2.41. The van der Waals surface area contributed by atoms with Crippen molar-refractivity contribution < 1.29 is 4.79 Å². The second-order valence-corrected chi connectivity index (χ2v) is 5.83. The lowest BCUT2D eigenvalue weighted by Gasteiger charge is -2.27. The highest BCUT2D eigenvalue weighted by atomic mass is 16.1. The van der Waals surface area contributed by atoms with Crippen LogP contribution in [0.1, 0.15) is 40.0 Å². The van der Waals surface area contributed by atoms with Crippen molar-refractivity contribution >= 4 is 5.91 Å². The molecule has 0 spiro atoms. The van der Waals surface area contributed by atoms with Gasteiger partial charge in [-0.05, 0) is 24.8 Å². The SMILES string of the molecule is CCCNC(=O)CC(CN)N1CCC(C)(C)C1. The van der Waals surface area contributed by atoms with E-state index in [9.17, 15) is 4.79 Å². The van der Waals surface area contributed by atoms with Gasteiger partial charge >= 0.3 is 0 Å². The van der Waals surface area contributed by atoms with Crippen LogP contribution in [-0.4, -0.2) is 43.0 Å². The second-order valence-electron chi connectivity index (χ2n) is 5.83. The lowest BCUT2D eigenvalue weighted by molar-refractivity contribution is -0.122. The Morgan fingerprint density at radius 2 is 2.24 bits per heavy atom. The fourth-order valence-electron chi connectivity index (χ4n) is 2.38. The standard InChI is InChI=1S/C13H27N3O/c1-4-6-15-12(17)8-11(9-14)16-7-5-13(2,3)10-16/h11H,4-10,14H2,1-3H3,(H,15,17). The van der Waals surface area contributed by atoms with Crippen LogP contribution in [0.2, 0.25) is 0 Å². The highest BCUT2D eigenvalue weighted by molar-refractivity contribution is 5.76. The topological polar surface area (TPSA) is 58.4 Å². The average molecular weight is 241 g/mol. The van der Waals surface area contributed by atoms with E-state index in [0.717, 1.165) is 26.1 Å². The Morgan fingerprint density at radius 3 is 2.71 bits per heavy atom. The van der Waals surface area contributed by atoms with Gasteiger partial charge in [0.1, 0.15) is 0 Å². The maximum atomic E-state index is 11.7. The van der Waals surface area contributed by atoms with Crippen LogP contribution in [0.25, 0.3) is 0 Å². The molecule has 0 aromatic rings. The molecule has 1 atom stereocenters. The molecule has 0 bridgehead atoms. The van der Waals surface area contributed by atoms with Crippen molar-refractivity contribution in [1.29, 1.82) is 0 Å². The predicted octanol–water partition coefficient (Wildman–Crippen LogP) is 0.962. The summed E-state index contributed by atoms with van der Waals surface area (Å²) in [5.74, 6) is 0.131. The molecule has 4 nitrogen and oxygen atoms in total. The normalized spacial score (nSPS) is 21.4. The first-order valence-electron chi connectivity index (χ1n) is 6.69. The zero-order valence-corrected chi connectivity index (χ0v) is 11.5. The number of nitrogens with one attached hydrogen (secondary N) is 1. The molecule has 17 heavy (non-hydrogen) atoms. The minimum absolute atomic E-state index is 0.131. The highest BCUT2D eigenvalue weighted by Gasteiger charge is 2.33. The van der Waals surface area contributed by atoms with E-state index < -0.39 is 0 Å². The second kappa shape index (κ2) is 6.36. The van der Waals surface area contributed by atoms with Crippen molar-refractivity contribution in [2.24, 2.45) is 11.1 Å². The van der Waals surface area contributed by atoms with Gasteiger partial charge in [-0.1, -0.05) is 20.8 Å². The molecule has 1 saturated heterocycles. The maximum absolute atomic E-state index is 11.7. The molecule has 1 amide bonds. The number of carbonyl (C=O) groups is 1. The highest BCUT2D eigenvalue weighted by Crippen LogP contribution is 2.30. The molecule has 3 N–H and O–H groups in total. The zero-order chi connectivity index (χ0) is 12.9. The maximum Gasteiger partial charge on any atom is 0.221 e. The third kappa shape index (κ3) is 4.64. The molecule has 0 aromatic heterocycles. The molecule has 1 aliphatic heterocycles. The molecule has 0 saturated carbocycles.